The van der Waals surface area contributed by atoms with Crippen LogP contribution in [0, 0.1) is 6.85 Å². The highest BCUT2D eigenvalue weighted by atomic mass is 16.7. The van der Waals surface area contributed by atoms with Gasteiger partial charge in [0, 0.05) is 4.11 Å². The highest BCUT2D eigenvalue weighted by molar-refractivity contribution is 6.62. The summed E-state index contributed by atoms with van der Waals surface area (Å²) in [5, 5.41) is 0. The Balaban J connectivity index is 2.03. The van der Waals surface area contributed by atoms with Crippen LogP contribution in [0.1, 0.15) is 65.1 Å². The maximum absolute atomic E-state index is 8.58. The third-order valence-corrected chi connectivity index (χ3v) is 5.53. The molecule has 26 heavy (non-hydrogen) atoms. The van der Waals surface area contributed by atoms with Crippen molar-refractivity contribution in [1.82, 2.24) is 0 Å². The van der Waals surface area contributed by atoms with E-state index in [1.807, 2.05) is 72.7 Å². The molecule has 138 valence electrons. The lowest BCUT2D eigenvalue weighted by Crippen LogP contribution is -2.41. The Bertz CT molecular complexity index is 925. The summed E-state index contributed by atoms with van der Waals surface area (Å²) < 4.78 is 44.9. The van der Waals surface area contributed by atoms with Gasteiger partial charge in [-0.05, 0) is 67.7 Å². The molecule has 0 atom stereocenters. The molecule has 0 saturated carbocycles. The van der Waals surface area contributed by atoms with Crippen LogP contribution in [0.4, 0.5) is 0 Å². The first-order chi connectivity index (χ1) is 13.5. The molecule has 0 spiro atoms. The van der Waals surface area contributed by atoms with E-state index < -0.39 is 25.2 Å². The SMILES string of the molecule is [2H]c1cc(C(C)(C)C)cc(C([2H])([2H])[2H])c1-c1ccc(B2OC(C)(C)C(C)(C)O2)cc1. The van der Waals surface area contributed by atoms with Crippen molar-refractivity contribution in [3.05, 3.63) is 53.6 Å². The highest BCUT2D eigenvalue weighted by Crippen LogP contribution is 2.36. The van der Waals surface area contributed by atoms with Gasteiger partial charge in [0.25, 0.3) is 0 Å². The smallest absolute Gasteiger partial charge is 0.399 e. The topological polar surface area (TPSA) is 18.5 Å². The summed E-state index contributed by atoms with van der Waals surface area (Å²) >= 11 is 0. The van der Waals surface area contributed by atoms with Crippen molar-refractivity contribution in [2.75, 3.05) is 0 Å². The zero-order chi connectivity index (χ0) is 22.7. The Hall–Kier alpha value is -1.58. The summed E-state index contributed by atoms with van der Waals surface area (Å²) in [6.07, 6.45) is 0. The van der Waals surface area contributed by atoms with Gasteiger partial charge in [-0.1, -0.05) is 63.2 Å². The molecule has 3 rings (SSSR count). The molecule has 0 aromatic heterocycles. The third-order valence-electron chi connectivity index (χ3n) is 5.53. The molecule has 3 heteroatoms. The zero-order valence-corrected chi connectivity index (χ0v) is 16.9. The molecular weight excluding hydrogens is 319 g/mol. The number of hydrogen-bond donors (Lipinski definition) is 0. The van der Waals surface area contributed by atoms with E-state index in [0.717, 1.165) is 11.0 Å². The Morgan fingerprint density at radius 3 is 2.04 bits per heavy atom. The normalized spacial score (nSPS) is 21.7. The predicted molar refractivity (Wildman–Crippen MR) is 111 cm³/mol. The van der Waals surface area contributed by atoms with Crippen molar-refractivity contribution in [2.45, 2.75) is 71.9 Å². The van der Waals surface area contributed by atoms with Crippen molar-refractivity contribution in [3.63, 3.8) is 0 Å². The van der Waals surface area contributed by atoms with Crippen LogP contribution >= 0.6 is 0 Å². The standard InChI is InChI=1S/C23H31BO2/c1-16-15-18(21(2,3)4)11-14-20(16)17-9-12-19(13-10-17)24-25-22(5,6)23(7,8)26-24/h9-15H,1-8H3/i1D3,14D. The van der Waals surface area contributed by atoms with Gasteiger partial charge in [0.15, 0.2) is 0 Å². The molecule has 2 nitrogen and oxygen atoms in total. The van der Waals surface area contributed by atoms with Gasteiger partial charge < -0.3 is 9.31 Å². The van der Waals surface area contributed by atoms with E-state index in [2.05, 4.69) is 0 Å². The van der Waals surface area contributed by atoms with Gasteiger partial charge in [-0.2, -0.15) is 0 Å². The highest BCUT2D eigenvalue weighted by Gasteiger charge is 2.51. The molecule has 2 aromatic carbocycles. The summed E-state index contributed by atoms with van der Waals surface area (Å²) in [4.78, 5) is 0. The second-order valence-electron chi connectivity index (χ2n) is 9.14. The van der Waals surface area contributed by atoms with Crippen LogP contribution in [0.5, 0.6) is 0 Å². The van der Waals surface area contributed by atoms with E-state index >= 15 is 0 Å². The maximum Gasteiger partial charge on any atom is 0.494 e. The Morgan fingerprint density at radius 1 is 0.962 bits per heavy atom. The van der Waals surface area contributed by atoms with Crippen LogP contribution in [0.15, 0.2) is 42.4 Å². The van der Waals surface area contributed by atoms with E-state index in [-0.39, 0.29) is 17.0 Å². The van der Waals surface area contributed by atoms with Crippen LogP contribution in [0.2, 0.25) is 0 Å². The molecule has 1 fully saturated rings. The number of hydrogen-bond acceptors (Lipinski definition) is 2. The van der Waals surface area contributed by atoms with Crippen molar-refractivity contribution in [1.29, 1.82) is 0 Å². The quantitative estimate of drug-likeness (QED) is 0.685. The van der Waals surface area contributed by atoms with Crippen LogP contribution in [-0.4, -0.2) is 18.3 Å². The number of benzene rings is 2. The van der Waals surface area contributed by atoms with Gasteiger partial charge in [-0.25, -0.2) is 0 Å². The molecule has 1 saturated heterocycles. The lowest BCUT2D eigenvalue weighted by molar-refractivity contribution is 0.00578. The van der Waals surface area contributed by atoms with Crippen LogP contribution < -0.4 is 5.46 Å². The summed E-state index contributed by atoms with van der Waals surface area (Å²) in [7, 11) is -0.482. The van der Waals surface area contributed by atoms with E-state index in [1.165, 1.54) is 0 Å². The molecule has 0 unspecified atom stereocenters. The fourth-order valence-electron chi connectivity index (χ4n) is 2.95. The van der Waals surface area contributed by atoms with E-state index in [4.69, 9.17) is 14.8 Å². The van der Waals surface area contributed by atoms with E-state index in [1.54, 1.807) is 12.1 Å². The van der Waals surface area contributed by atoms with Crippen molar-refractivity contribution in [3.8, 4) is 11.1 Å². The molecule has 0 aliphatic carbocycles. The Labute approximate surface area is 164 Å². The van der Waals surface area contributed by atoms with E-state index in [9.17, 15) is 0 Å². The first-order valence-electron chi connectivity index (χ1n) is 11.1. The molecule has 0 N–H and O–H groups in total. The van der Waals surface area contributed by atoms with Gasteiger partial charge in [0.2, 0.25) is 0 Å². The van der Waals surface area contributed by atoms with Gasteiger partial charge in [-0.3, -0.25) is 0 Å². The third kappa shape index (κ3) is 3.48. The predicted octanol–water partition coefficient (Wildman–Crippen LogP) is 5.26. The zero-order valence-electron chi connectivity index (χ0n) is 20.9. The molecule has 0 amide bonds. The summed E-state index contributed by atoms with van der Waals surface area (Å²) in [5.41, 5.74) is 1.97. The minimum atomic E-state index is -2.31. The Kier molecular flexibility index (Phi) is 3.48. The summed E-state index contributed by atoms with van der Waals surface area (Å²) in [5.74, 6) is 0. The molecular formula is C23H31BO2. The molecule has 1 aliphatic rings. The number of aryl methyl sites for hydroxylation is 1. The first kappa shape index (κ1) is 14.5. The van der Waals surface area contributed by atoms with Gasteiger partial charge in [-0.15, -0.1) is 0 Å². The molecule has 0 bridgehead atoms. The maximum atomic E-state index is 8.58. The minimum Gasteiger partial charge on any atom is -0.399 e. The molecule has 0 radical (unpaired) electrons. The van der Waals surface area contributed by atoms with Gasteiger partial charge >= 0.3 is 7.12 Å². The molecule has 2 aromatic rings. The molecule has 1 heterocycles. The van der Waals surface area contributed by atoms with Crippen LogP contribution in [0.3, 0.4) is 0 Å². The van der Waals surface area contributed by atoms with E-state index in [0.29, 0.717) is 11.1 Å². The van der Waals surface area contributed by atoms with Crippen LogP contribution in [-0.2, 0) is 14.7 Å². The minimum absolute atomic E-state index is 0.211. The second kappa shape index (κ2) is 6.25. The average molecular weight is 354 g/mol. The Morgan fingerprint density at radius 2 is 1.54 bits per heavy atom. The van der Waals surface area contributed by atoms with Crippen molar-refractivity contribution in [2.24, 2.45) is 0 Å². The largest absolute Gasteiger partial charge is 0.494 e. The first-order valence-corrected chi connectivity index (χ1v) is 9.14. The van der Waals surface area contributed by atoms with Crippen molar-refractivity contribution < 1.29 is 14.8 Å². The average Bonchev–Trinajstić information content (AvgIpc) is 2.80. The molecule has 1 aliphatic heterocycles. The summed E-state index contributed by atoms with van der Waals surface area (Å²) in [6.45, 7) is 11.8. The number of rotatable bonds is 2. The van der Waals surface area contributed by atoms with Crippen LogP contribution in [0.25, 0.3) is 11.1 Å². The lowest BCUT2D eigenvalue weighted by atomic mass is 9.78. The fourth-order valence-corrected chi connectivity index (χ4v) is 2.95. The lowest BCUT2D eigenvalue weighted by Gasteiger charge is -2.32. The second-order valence-corrected chi connectivity index (χ2v) is 9.14. The fraction of sp³-hybridized carbons (Fsp3) is 0.478. The summed E-state index contributed by atoms with van der Waals surface area (Å²) in [6, 6.07) is 11.2. The van der Waals surface area contributed by atoms with Gasteiger partial charge in [0.1, 0.15) is 0 Å². The van der Waals surface area contributed by atoms with Crippen molar-refractivity contribution >= 4 is 12.6 Å². The monoisotopic (exact) mass is 354 g/mol. The van der Waals surface area contributed by atoms with Gasteiger partial charge in [0.05, 0.1) is 12.6 Å².